The molecule has 0 saturated carbocycles. The summed E-state index contributed by atoms with van der Waals surface area (Å²) in [6.07, 6.45) is 4.88. The second-order valence-corrected chi connectivity index (χ2v) is 3.98. The van der Waals surface area contributed by atoms with Gasteiger partial charge in [-0.3, -0.25) is 0 Å². The van der Waals surface area contributed by atoms with Crippen LogP contribution in [-0.4, -0.2) is 16.2 Å². The van der Waals surface area contributed by atoms with E-state index >= 15 is 0 Å². The van der Waals surface area contributed by atoms with Crippen molar-refractivity contribution in [2.24, 2.45) is 0 Å². The van der Waals surface area contributed by atoms with Gasteiger partial charge in [-0.05, 0) is 12.3 Å². The fourth-order valence-corrected chi connectivity index (χ4v) is 1.84. The van der Waals surface area contributed by atoms with Crippen molar-refractivity contribution in [1.29, 1.82) is 5.26 Å². The van der Waals surface area contributed by atoms with Crippen molar-refractivity contribution in [2.75, 3.05) is 6.26 Å². The van der Waals surface area contributed by atoms with Crippen molar-refractivity contribution < 1.29 is 4.42 Å². The van der Waals surface area contributed by atoms with Crippen molar-refractivity contribution >= 4 is 23.4 Å². The van der Waals surface area contributed by atoms with E-state index in [4.69, 9.17) is 21.3 Å². The third-order valence-corrected chi connectivity index (χ3v) is 2.75. The monoisotopic (exact) mass is 251 g/mol. The molecule has 2 aromatic rings. The summed E-state index contributed by atoms with van der Waals surface area (Å²) in [6, 6.07) is 3.72. The summed E-state index contributed by atoms with van der Waals surface area (Å²) < 4.78 is 4.96. The predicted octanol–water partition coefficient (Wildman–Crippen LogP) is 2.98. The van der Waals surface area contributed by atoms with Gasteiger partial charge in [-0.25, -0.2) is 9.97 Å². The molecule has 2 rings (SSSR count). The Morgan fingerprint density at radius 3 is 2.88 bits per heavy atom. The highest BCUT2D eigenvalue weighted by Crippen LogP contribution is 2.28. The Morgan fingerprint density at radius 2 is 2.31 bits per heavy atom. The van der Waals surface area contributed by atoms with E-state index < -0.39 is 0 Å². The zero-order chi connectivity index (χ0) is 11.5. The molecule has 2 heterocycles. The second kappa shape index (κ2) is 4.56. The fourth-order valence-electron chi connectivity index (χ4n) is 1.21. The van der Waals surface area contributed by atoms with Gasteiger partial charge in [0.2, 0.25) is 0 Å². The first kappa shape index (κ1) is 11.0. The summed E-state index contributed by atoms with van der Waals surface area (Å²) in [5.41, 5.74) is 1.48. The molecule has 0 aliphatic rings. The summed E-state index contributed by atoms with van der Waals surface area (Å²) in [4.78, 5) is 8.25. The third-order valence-electron chi connectivity index (χ3n) is 1.93. The number of aromatic nitrogens is 2. The first-order valence-corrected chi connectivity index (χ1v) is 5.90. The van der Waals surface area contributed by atoms with Crippen LogP contribution in [0.25, 0.3) is 11.3 Å². The van der Waals surface area contributed by atoms with Gasteiger partial charge in [0.15, 0.2) is 10.3 Å². The molecule has 0 spiro atoms. The van der Waals surface area contributed by atoms with Crippen LogP contribution in [0.4, 0.5) is 0 Å². The van der Waals surface area contributed by atoms with Crippen molar-refractivity contribution in [3.8, 4) is 17.3 Å². The minimum Gasteiger partial charge on any atom is -0.472 e. The lowest BCUT2D eigenvalue weighted by atomic mass is 10.1. The minimum absolute atomic E-state index is 0.165. The highest BCUT2D eigenvalue weighted by Gasteiger charge is 2.14. The van der Waals surface area contributed by atoms with E-state index in [-0.39, 0.29) is 10.7 Å². The SMILES string of the molecule is CSc1nc(Cl)c(C#N)c(-c2ccoc2)n1. The van der Waals surface area contributed by atoms with Gasteiger partial charge >= 0.3 is 0 Å². The summed E-state index contributed by atoms with van der Waals surface area (Å²) in [6.45, 7) is 0. The lowest BCUT2D eigenvalue weighted by molar-refractivity contribution is 0.568. The zero-order valence-electron chi connectivity index (χ0n) is 8.27. The number of hydrogen-bond acceptors (Lipinski definition) is 5. The molecular formula is C10H6ClN3OS. The van der Waals surface area contributed by atoms with Crippen LogP contribution >= 0.6 is 23.4 Å². The van der Waals surface area contributed by atoms with E-state index in [1.54, 1.807) is 6.07 Å². The van der Waals surface area contributed by atoms with Crippen LogP contribution in [0.1, 0.15) is 5.56 Å². The molecule has 0 aliphatic carbocycles. The maximum atomic E-state index is 9.01. The number of hydrogen-bond donors (Lipinski definition) is 0. The molecule has 16 heavy (non-hydrogen) atoms. The van der Waals surface area contributed by atoms with Gasteiger partial charge in [-0.2, -0.15) is 5.26 Å². The molecule has 0 atom stereocenters. The van der Waals surface area contributed by atoms with Crippen molar-refractivity contribution in [2.45, 2.75) is 5.16 Å². The Hall–Kier alpha value is -1.51. The van der Waals surface area contributed by atoms with Crippen LogP contribution < -0.4 is 0 Å². The maximum Gasteiger partial charge on any atom is 0.189 e. The largest absolute Gasteiger partial charge is 0.472 e. The van der Waals surface area contributed by atoms with Gasteiger partial charge in [0.1, 0.15) is 11.6 Å². The van der Waals surface area contributed by atoms with Gasteiger partial charge in [0.05, 0.1) is 18.2 Å². The molecule has 0 N–H and O–H groups in total. The number of halogens is 1. The quantitative estimate of drug-likeness (QED) is 0.466. The molecule has 0 saturated heterocycles. The number of thioether (sulfide) groups is 1. The number of rotatable bonds is 2. The lowest BCUT2D eigenvalue weighted by Gasteiger charge is -2.03. The molecule has 2 aromatic heterocycles. The smallest absolute Gasteiger partial charge is 0.189 e. The zero-order valence-corrected chi connectivity index (χ0v) is 9.84. The van der Waals surface area contributed by atoms with Crippen LogP contribution in [0.2, 0.25) is 5.15 Å². The molecule has 6 heteroatoms. The van der Waals surface area contributed by atoms with E-state index in [1.807, 2.05) is 12.3 Å². The molecule has 4 nitrogen and oxygen atoms in total. The summed E-state index contributed by atoms with van der Waals surface area (Å²) >= 11 is 7.28. The molecule has 0 fully saturated rings. The number of nitriles is 1. The van der Waals surface area contributed by atoms with E-state index in [2.05, 4.69) is 9.97 Å². The van der Waals surface area contributed by atoms with Crippen LogP contribution in [0, 0.1) is 11.3 Å². The van der Waals surface area contributed by atoms with Gasteiger partial charge < -0.3 is 4.42 Å². The van der Waals surface area contributed by atoms with Crippen LogP contribution in [0.5, 0.6) is 0 Å². The van der Waals surface area contributed by atoms with E-state index in [9.17, 15) is 0 Å². The summed E-state index contributed by atoms with van der Waals surface area (Å²) in [5, 5.41) is 9.70. The maximum absolute atomic E-state index is 9.01. The van der Waals surface area contributed by atoms with Crippen LogP contribution in [-0.2, 0) is 0 Å². The molecule has 0 aliphatic heterocycles. The minimum atomic E-state index is 0.165. The lowest BCUT2D eigenvalue weighted by Crippen LogP contribution is -1.95. The second-order valence-electron chi connectivity index (χ2n) is 2.85. The van der Waals surface area contributed by atoms with E-state index in [0.717, 1.165) is 5.56 Å². The average molecular weight is 252 g/mol. The number of furan rings is 1. The molecule has 0 amide bonds. The Bertz CT molecular complexity index is 548. The predicted molar refractivity (Wildman–Crippen MR) is 61.2 cm³/mol. The van der Waals surface area contributed by atoms with Crippen molar-refractivity contribution in [1.82, 2.24) is 9.97 Å². The van der Waals surface area contributed by atoms with Gasteiger partial charge in [-0.1, -0.05) is 23.4 Å². The molecule has 0 unspecified atom stereocenters. The van der Waals surface area contributed by atoms with E-state index in [0.29, 0.717) is 10.9 Å². The van der Waals surface area contributed by atoms with E-state index in [1.165, 1.54) is 24.3 Å². The van der Waals surface area contributed by atoms with Crippen LogP contribution in [0.15, 0.2) is 28.2 Å². The van der Waals surface area contributed by atoms with Crippen molar-refractivity contribution in [3.63, 3.8) is 0 Å². The Balaban J connectivity index is 2.67. The molecular weight excluding hydrogens is 246 g/mol. The molecule has 0 aromatic carbocycles. The topological polar surface area (TPSA) is 62.7 Å². The Kier molecular flexibility index (Phi) is 3.13. The van der Waals surface area contributed by atoms with Crippen LogP contribution in [0.3, 0.4) is 0 Å². The Labute approximate surface area is 101 Å². The van der Waals surface area contributed by atoms with Gasteiger partial charge in [0.25, 0.3) is 0 Å². The molecule has 0 radical (unpaired) electrons. The van der Waals surface area contributed by atoms with Gasteiger partial charge in [-0.15, -0.1) is 0 Å². The average Bonchev–Trinajstić information content (AvgIpc) is 2.81. The highest BCUT2D eigenvalue weighted by molar-refractivity contribution is 7.98. The summed E-state index contributed by atoms with van der Waals surface area (Å²) in [5.74, 6) is 0. The highest BCUT2D eigenvalue weighted by atomic mass is 35.5. The number of nitrogens with zero attached hydrogens (tertiary/aromatic N) is 3. The third kappa shape index (κ3) is 1.90. The first-order chi connectivity index (χ1) is 7.76. The normalized spacial score (nSPS) is 10.1. The molecule has 80 valence electrons. The molecule has 0 bridgehead atoms. The van der Waals surface area contributed by atoms with Crippen molar-refractivity contribution in [3.05, 3.63) is 29.3 Å². The fraction of sp³-hybridized carbons (Fsp3) is 0.100. The first-order valence-electron chi connectivity index (χ1n) is 4.30. The van der Waals surface area contributed by atoms with Gasteiger partial charge in [0, 0.05) is 5.56 Å². The Morgan fingerprint density at radius 1 is 1.50 bits per heavy atom. The standard InChI is InChI=1S/C10H6ClN3OS/c1-16-10-13-8(6-2-3-15-5-6)7(4-12)9(11)14-10/h2-3,5H,1H3. The summed E-state index contributed by atoms with van der Waals surface area (Å²) in [7, 11) is 0.